The van der Waals surface area contributed by atoms with Crippen molar-refractivity contribution < 1.29 is 22.7 Å². The minimum Gasteiger partial charge on any atom is -0.391 e. The molecule has 0 bridgehead atoms. The molecule has 1 fully saturated rings. The van der Waals surface area contributed by atoms with E-state index in [1.165, 1.54) is 12.4 Å². The molecule has 1 saturated heterocycles. The topological polar surface area (TPSA) is 74.2 Å². The van der Waals surface area contributed by atoms with Crippen molar-refractivity contribution in [3.63, 3.8) is 0 Å². The van der Waals surface area contributed by atoms with Crippen molar-refractivity contribution in [3.05, 3.63) is 67.1 Å². The third kappa shape index (κ3) is 5.60. The molecule has 4 rings (SSSR count). The third-order valence-electron chi connectivity index (χ3n) is 5.00. The number of benzene rings is 1. The van der Waals surface area contributed by atoms with Crippen molar-refractivity contribution >= 4 is 29.0 Å². The van der Waals surface area contributed by atoms with Gasteiger partial charge in [-0.1, -0.05) is 6.58 Å². The number of nitrogens with zero attached hydrogens (tertiary/aromatic N) is 4. The molecule has 3 heterocycles. The summed E-state index contributed by atoms with van der Waals surface area (Å²) in [5.41, 5.74) is -1.91. The smallest absolute Gasteiger partial charge is 0.391 e. The van der Waals surface area contributed by atoms with Crippen molar-refractivity contribution in [2.75, 3.05) is 23.3 Å². The van der Waals surface area contributed by atoms with E-state index in [0.29, 0.717) is 36.6 Å². The van der Waals surface area contributed by atoms with Gasteiger partial charge in [0.05, 0.1) is 11.0 Å². The van der Waals surface area contributed by atoms with Gasteiger partial charge in [-0.25, -0.2) is 19.3 Å². The number of pyridine rings is 1. The number of β-amino-alcohol motifs (C(OH)–C–C–N with tert-alkyl or cyclic N) is 1. The van der Waals surface area contributed by atoms with Crippen LogP contribution in [0.2, 0.25) is 0 Å². The normalized spacial score (nSPS) is 16.2. The highest BCUT2D eigenvalue weighted by Gasteiger charge is 2.30. The van der Waals surface area contributed by atoms with Crippen molar-refractivity contribution in [2.45, 2.75) is 22.9 Å². The predicted octanol–water partition coefficient (Wildman–Crippen LogP) is 4.94. The Morgan fingerprint density at radius 1 is 1.18 bits per heavy atom. The Labute approximate surface area is 191 Å². The molecule has 1 aliphatic heterocycles. The first kappa shape index (κ1) is 23.0. The van der Waals surface area contributed by atoms with Crippen molar-refractivity contribution in [2.24, 2.45) is 0 Å². The van der Waals surface area contributed by atoms with Gasteiger partial charge in [0.25, 0.3) is 0 Å². The third-order valence-corrected chi connectivity index (χ3v) is 5.78. The van der Waals surface area contributed by atoms with E-state index in [0.717, 1.165) is 23.3 Å². The molecule has 3 aromatic rings. The van der Waals surface area contributed by atoms with E-state index in [9.17, 15) is 22.7 Å². The zero-order chi connectivity index (χ0) is 23.6. The van der Waals surface area contributed by atoms with Crippen LogP contribution in [0.3, 0.4) is 0 Å². The molecule has 0 aliphatic carbocycles. The first-order valence-electron chi connectivity index (χ1n) is 9.89. The molecule has 0 unspecified atom stereocenters. The Morgan fingerprint density at radius 2 is 1.94 bits per heavy atom. The molecule has 172 valence electrons. The summed E-state index contributed by atoms with van der Waals surface area (Å²) in [6, 6.07) is 5.22. The van der Waals surface area contributed by atoms with Gasteiger partial charge in [-0.3, -0.25) is 0 Å². The summed E-state index contributed by atoms with van der Waals surface area (Å²) >= 11 is -0.505. The number of nitrogens with one attached hydrogen (secondary N) is 1. The summed E-state index contributed by atoms with van der Waals surface area (Å²) in [6.07, 6.45) is 6.49. The lowest BCUT2D eigenvalue weighted by Crippen LogP contribution is -2.23. The van der Waals surface area contributed by atoms with Crippen LogP contribution in [0.5, 0.6) is 0 Å². The number of rotatable bonds is 6. The highest BCUT2D eigenvalue weighted by molar-refractivity contribution is 8.00. The molecule has 2 N–H and O–H groups in total. The Balaban J connectivity index is 1.60. The summed E-state index contributed by atoms with van der Waals surface area (Å²) in [6.45, 7) is 5.06. The molecule has 1 aromatic carbocycles. The van der Waals surface area contributed by atoms with E-state index in [1.807, 2.05) is 11.0 Å². The van der Waals surface area contributed by atoms with Gasteiger partial charge in [-0.2, -0.15) is 13.2 Å². The minimum absolute atomic E-state index is 0.250. The summed E-state index contributed by atoms with van der Waals surface area (Å²) < 4.78 is 51.7. The van der Waals surface area contributed by atoms with E-state index in [2.05, 4.69) is 26.8 Å². The molecule has 0 spiro atoms. The fraction of sp³-hybridized carbons (Fsp3) is 0.227. The molecular weight excluding hydrogens is 458 g/mol. The standard InChI is InChI=1S/C22H19F4N5OS/c1-13(30-16-2-3-20(19(23)7-16)33-22(24,25)26)14-6-18(15-8-27-12-28-9-15)21(29-10-14)31-5-4-17(32)11-31/h2-3,6-10,12,17,30,32H,1,4-5,11H2/t17-/m1/s1. The Bertz CT molecular complexity index is 1160. The highest BCUT2D eigenvalue weighted by atomic mass is 32.2. The zero-order valence-electron chi connectivity index (χ0n) is 17.2. The summed E-state index contributed by atoms with van der Waals surface area (Å²) in [5.74, 6) is -0.323. The molecule has 0 saturated carbocycles. The lowest BCUT2D eigenvalue weighted by molar-refractivity contribution is -0.0329. The number of anilines is 2. The van der Waals surface area contributed by atoms with Crippen LogP contribution in [0.25, 0.3) is 16.8 Å². The minimum atomic E-state index is -4.57. The average molecular weight is 477 g/mol. The van der Waals surface area contributed by atoms with E-state index in [1.54, 1.807) is 18.6 Å². The lowest BCUT2D eigenvalue weighted by Gasteiger charge is -2.21. The van der Waals surface area contributed by atoms with Gasteiger partial charge in [0.1, 0.15) is 18.0 Å². The monoisotopic (exact) mass is 477 g/mol. The Kier molecular flexibility index (Phi) is 6.52. The second-order valence-electron chi connectivity index (χ2n) is 7.41. The van der Waals surface area contributed by atoms with Gasteiger partial charge in [-0.15, -0.1) is 0 Å². The zero-order valence-corrected chi connectivity index (χ0v) is 18.0. The molecule has 11 heteroatoms. The van der Waals surface area contributed by atoms with Crippen molar-refractivity contribution in [1.29, 1.82) is 0 Å². The number of aromatic nitrogens is 3. The average Bonchev–Trinajstić information content (AvgIpc) is 3.21. The fourth-order valence-corrected chi connectivity index (χ4v) is 4.03. The van der Waals surface area contributed by atoms with Crippen molar-refractivity contribution in [1.82, 2.24) is 15.0 Å². The molecular formula is C22H19F4N5OS. The number of halogens is 4. The molecule has 1 aliphatic rings. The van der Waals surface area contributed by atoms with Gasteiger partial charge in [-0.05, 0) is 42.4 Å². The Hall–Kier alpha value is -3.18. The Morgan fingerprint density at radius 3 is 2.58 bits per heavy atom. The SMILES string of the molecule is C=C(Nc1ccc(SC(F)(F)F)c(F)c1)c1cnc(N2CC[C@@H](O)C2)c(-c2cncnc2)c1. The van der Waals surface area contributed by atoms with Gasteiger partial charge < -0.3 is 15.3 Å². The summed E-state index contributed by atoms with van der Waals surface area (Å²) in [5, 5.41) is 12.8. The lowest BCUT2D eigenvalue weighted by atomic mass is 10.1. The number of aliphatic hydroxyl groups excluding tert-OH is 1. The van der Waals surface area contributed by atoms with Gasteiger partial charge >= 0.3 is 5.51 Å². The van der Waals surface area contributed by atoms with Crippen LogP contribution in [0.1, 0.15) is 12.0 Å². The van der Waals surface area contributed by atoms with Gasteiger partial charge in [0.15, 0.2) is 0 Å². The summed E-state index contributed by atoms with van der Waals surface area (Å²) in [7, 11) is 0. The largest absolute Gasteiger partial charge is 0.446 e. The number of hydrogen-bond donors (Lipinski definition) is 2. The first-order chi connectivity index (χ1) is 15.7. The van der Waals surface area contributed by atoms with Crippen LogP contribution in [-0.4, -0.2) is 44.8 Å². The van der Waals surface area contributed by atoms with E-state index >= 15 is 0 Å². The number of alkyl halides is 3. The number of thioether (sulfide) groups is 1. The van der Waals surface area contributed by atoms with Crippen LogP contribution in [0.4, 0.5) is 29.1 Å². The predicted molar refractivity (Wildman–Crippen MR) is 119 cm³/mol. The van der Waals surface area contributed by atoms with E-state index < -0.39 is 34.1 Å². The second kappa shape index (κ2) is 9.36. The molecule has 0 radical (unpaired) electrons. The number of aliphatic hydroxyl groups is 1. The van der Waals surface area contributed by atoms with Gasteiger partial charge in [0.2, 0.25) is 0 Å². The maximum atomic E-state index is 14.1. The fourth-order valence-electron chi connectivity index (χ4n) is 3.49. The first-order valence-corrected chi connectivity index (χ1v) is 10.7. The van der Waals surface area contributed by atoms with Gasteiger partial charge in [0, 0.05) is 59.8 Å². The van der Waals surface area contributed by atoms with Crippen LogP contribution in [0.15, 0.2) is 60.7 Å². The van der Waals surface area contributed by atoms with E-state index in [4.69, 9.17) is 0 Å². The van der Waals surface area contributed by atoms with Crippen LogP contribution in [0, 0.1) is 5.82 Å². The molecule has 33 heavy (non-hydrogen) atoms. The van der Waals surface area contributed by atoms with Crippen LogP contribution < -0.4 is 10.2 Å². The second-order valence-corrected chi connectivity index (χ2v) is 8.51. The summed E-state index contributed by atoms with van der Waals surface area (Å²) in [4.78, 5) is 14.1. The molecule has 1 atom stereocenters. The highest BCUT2D eigenvalue weighted by Crippen LogP contribution is 2.39. The number of hydrogen-bond acceptors (Lipinski definition) is 7. The maximum absolute atomic E-state index is 14.1. The molecule has 6 nitrogen and oxygen atoms in total. The van der Waals surface area contributed by atoms with E-state index in [-0.39, 0.29) is 5.69 Å². The quantitative estimate of drug-likeness (QED) is 0.385. The molecule has 2 aromatic heterocycles. The maximum Gasteiger partial charge on any atom is 0.446 e. The molecule has 0 amide bonds. The van der Waals surface area contributed by atoms with Crippen LogP contribution in [-0.2, 0) is 0 Å². The van der Waals surface area contributed by atoms with Crippen LogP contribution >= 0.6 is 11.8 Å². The van der Waals surface area contributed by atoms with Crippen molar-refractivity contribution in [3.8, 4) is 11.1 Å².